The fourth-order valence-electron chi connectivity index (χ4n) is 5.89. The van der Waals surface area contributed by atoms with Crippen molar-refractivity contribution in [2.24, 2.45) is 5.92 Å². The molecule has 0 aromatic carbocycles. The van der Waals surface area contributed by atoms with Gasteiger partial charge >= 0.3 is 11.9 Å². The molecule has 11 nitrogen and oxygen atoms in total. The Kier molecular flexibility index (Phi) is 17.3. The number of rotatable bonds is 23. The first-order valence-electron chi connectivity index (χ1n) is 18.1. The number of carbonyl (C=O) groups is 2. The van der Waals surface area contributed by atoms with Crippen LogP contribution in [0.5, 0.6) is 0 Å². The number of esters is 2. The summed E-state index contributed by atoms with van der Waals surface area (Å²) in [5, 5.41) is 0. The van der Waals surface area contributed by atoms with Gasteiger partial charge in [0.05, 0.1) is 31.4 Å². The first-order valence-corrected chi connectivity index (χ1v) is 18.5. The first kappa shape index (κ1) is 39.9. The van der Waals surface area contributed by atoms with Gasteiger partial charge < -0.3 is 32.8 Å². The van der Waals surface area contributed by atoms with Crippen LogP contribution in [0.2, 0.25) is 0 Å². The van der Waals surface area contributed by atoms with Crippen LogP contribution < -0.4 is 5.56 Å². The van der Waals surface area contributed by atoms with Crippen molar-refractivity contribution in [2.45, 2.75) is 156 Å². The molecule has 12 heteroatoms. The molecule has 0 saturated carbocycles. The second kappa shape index (κ2) is 20.9. The molecule has 0 aliphatic carbocycles. The van der Waals surface area contributed by atoms with E-state index in [0.29, 0.717) is 37.0 Å². The predicted molar refractivity (Wildman–Crippen MR) is 188 cm³/mol. The molecule has 1 unspecified atom stereocenters. The Balaban J connectivity index is 1.55. The normalized spacial score (nSPS) is 15.6. The molecule has 2 aromatic heterocycles. The van der Waals surface area contributed by atoms with Crippen LogP contribution in [0.3, 0.4) is 0 Å². The molecule has 1 aliphatic rings. The molecule has 0 spiro atoms. The Labute approximate surface area is 291 Å². The topological polar surface area (TPSA) is 123 Å². The average Bonchev–Trinajstić information content (AvgIpc) is 3.47. The van der Waals surface area contributed by atoms with E-state index >= 15 is 0 Å². The number of aromatic nitrogens is 3. The molecule has 272 valence electrons. The Morgan fingerprint density at radius 1 is 0.958 bits per heavy atom. The fraction of sp³-hybridized carbons (Fsp3) is 0.778. The molecule has 0 bridgehead atoms. The predicted octanol–water partition coefficient (Wildman–Crippen LogP) is 7.58. The second-order valence-electron chi connectivity index (χ2n) is 13.6. The Morgan fingerprint density at radius 3 is 2.12 bits per heavy atom. The van der Waals surface area contributed by atoms with Crippen LogP contribution in [0.1, 0.15) is 125 Å². The summed E-state index contributed by atoms with van der Waals surface area (Å²) in [6.45, 7) is 10.7. The highest BCUT2D eigenvalue weighted by Gasteiger charge is 2.35. The number of hydrogen-bond donors (Lipinski definition) is 1. The van der Waals surface area contributed by atoms with Crippen molar-refractivity contribution in [3.63, 3.8) is 0 Å². The summed E-state index contributed by atoms with van der Waals surface area (Å²) in [5.41, 5.74) is 0.534. The van der Waals surface area contributed by atoms with Crippen molar-refractivity contribution >= 4 is 35.2 Å². The van der Waals surface area contributed by atoms with Crippen LogP contribution in [0, 0.1) is 10.7 Å². The SMILES string of the molecule is CCCCCCCCCCCCCCCC(C(=O)OCn1ccc2c1c(=O)[nH]c(=S)n2CCOC(C)C)C(=O)OC1COC(C)(C)OC1. The van der Waals surface area contributed by atoms with E-state index in [-0.39, 0.29) is 36.4 Å². The molecule has 1 saturated heterocycles. The van der Waals surface area contributed by atoms with Gasteiger partial charge in [0, 0.05) is 12.7 Å². The molecule has 3 rings (SSSR count). The van der Waals surface area contributed by atoms with Crippen LogP contribution in [0.25, 0.3) is 11.0 Å². The molecular weight excluding hydrogens is 634 g/mol. The third kappa shape index (κ3) is 13.4. The van der Waals surface area contributed by atoms with Gasteiger partial charge in [0.25, 0.3) is 5.56 Å². The fourth-order valence-corrected chi connectivity index (χ4v) is 6.17. The van der Waals surface area contributed by atoms with Gasteiger partial charge in [-0.1, -0.05) is 90.4 Å². The van der Waals surface area contributed by atoms with Gasteiger partial charge in [-0.2, -0.15) is 0 Å². The molecular formula is C36H59N3O8S. The third-order valence-corrected chi connectivity index (χ3v) is 9.03. The van der Waals surface area contributed by atoms with E-state index in [1.165, 1.54) is 57.8 Å². The molecule has 1 atom stereocenters. The molecule has 1 fully saturated rings. The maximum atomic E-state index is 13.4. The molecule has 48 heavy (non-hydrogen) atoms. The van der Waals surface area contributed by atoms with E-state index in [2.05, 4.69) is 11.9 Å². The van der Waals surface area contributed by atoms with Gasteiger partial charge in [-0.05, 0) is 52.4 Å². The van der Waals surface area contributed by atoms with Crippen molar-refractivity contribution < 1.29 is 33.3 Å². The molecule has 2 aromatic rings. The molecule has 0 amide bonds. The lowest BCUT2D eigenvalue weighted by molar-refractivity contribution is -0.276. The lowest BCUT2D eigenvalue weighted by atomic mass is 9.99. The zero-order valence-corrected chi connectivity index (χ0v) is 30.7. The number of fused-ring (bicyclic) bond motifs is 1. The zero-order valence-electron chi connectivity index (χ0n) is 29.9. The van der Waals surface area contributed by atoms with Crippen LogP contribution in [-0.4, -0.2) is 63.9 Å². The maximum absolute atomic E-state index is 13.4. The lowest BCUT2D eigenvalue weighted by Gasteiger charge is -2.34. The first-order chi connectivity index (χ1) is 23.0. The number of nitrogens with one attached hydrogen (secondary N) is 1. The summed E-state index contributed by atoms with van der Waals surface area (Å²) >= 11 is 5.40. The Morgan fingerprint density at radius 2 is 1.54 bits per heavy atom. The van der Waals surface area contributed by atoms with E-state index in [4.69, 9.17) is 35.9 Å². The van der Waals surface area contributed by atoms with Crippen molar-refractivity contribution in [1.29, 1.82) is 0 Å². The highest BCUT2D eigenvalue weighted by atomic mass is 32.1. The van der Waals surface area contributed by atoms with E-state index in [9.17, 15) is 14.4 Å². The number of hydrogen-bond acceptors (Lipinski definition) is 9. The molecule has 1 aliphatic heterocycles. The number of aromatic amines is 1. The minimum absolute atomic E-state index is 0.0609. The van der Waals surface area contributed by atoms with Crippen LogP contribution >= 0.6 is 12.2 Å². The monoisotopic (exact) mass is 693 g/mol. The maximum Gasteiger partial charge on any atom is 0.322 e. The van der Waals surface area contributed by atoms with Gasteiger partial charge in [-0.15, -0.1) is 0 Å². The van der Waals surface area contributed by atoms with Gasteiger partial charge in [0.15, 0.2) is 23.2 Å². The molecule has 3 heterocycles. The average molecular weight is 694 g/mol. The smallest absolute Gasteiger partial charge is 0.322 e. The number of unbranched alkanes of at least 4 members (excludes halogenated alkanes) is 12. The number of ether oxygens (including phenoxy) is 5. The van der Waals surface area contributed by atoms with E-state index in [1.807, 2.05) is 13.8 Å². The molecule has 1 N–H and O–H groups in total. The standard InChI is InChI=1S/C36H59N3O8S/c1-6-7-8-9-10-11-12-13-14-15-16-17-18-19-29(34(42)47-28-24-45-36(4,5)46-25-28)33(41)44-26-38-21-20-30-31(38)32(40)37-35(48)39(30)22-23-43-27(2)3/h20-21,27-29H,6-19,22-26H2,1-5H3,(H,37,40,48). The zero-order chi connectivity index (χ0) is 34.9. The van der Waals surface area contributed by atoms with Crippen molar-refractivity contribution in [3.05, 3.63) is 27.4 Å². The van der Waals surface area contributed by atoms with Crippen molar-refractivity contribution in [1.82, 2.24) is 14.1 Å². The minimum Gasteiger partial charge on any atom is -0.457 e. The van der Waals surface area contributed by atoms with E-state index < -0.39 is 29.7 Å². The summed E-state index contributed by atoms with van der Waals surface area (Å²) in [7, 11) is 0. The summed E-state index contributed by atoms with van der Waals surface area (Å²) in [5.74, 6) is -3.18. The summed E-state index contributed by atoms with van der Waals surface area (Å²) in [6, 6.07) is 1.76. The highest BCUT2D eigenvalue weighted by Crippen LogP contribution is 2.22. The molecule has 0 radical (unpaired) electrons. The number of H-pyrrole nitrogens is 1. The van der Waals surface area contributed by atoms with E-state index in [1.54, 1.807) is 35.2 Å². The third-order valence-electron chi connectivity index (χ3n) is 8.71. The van der Waals surface area contributed by atoms with Crippen LogP contribution in [0.15, 0.2) is 17.1 Å². The summed E-state index contributed by atoms with van der Waals surface area (Å²) in [4.78, 5) is 42.3. The highest BCUT2D eigenvalue weighted by molar-refractivity contribution is 7.71. The van der Waals surface area contributed by atoms with Gasteiger partial charge in [-0.25, -0.2) is 0 Å². The minimum atomic E-state index is -1.09. The Hall–Kier alpha value is -2.54. The van der Waals surface area contributed by atoms with Gasteiger partial charge in [0.1, 0.15) is 11.6 Å². The largest absolute Gasteiger partial charge is 0.457 e. The summed E-state index contributed by atoms with van der Waals surface area (Å²) in [6.07, 6.45) is 17.0. The number of nitrogens with zero attached hydrogens (tertiary/aromatic N) is 2. The van der Waals surface area contributed by atoms with Gasteiger partial charge in [-0.3, -0.25) is 19.4 Å². The van der Waals surface area contributed by atoms with Crippen molar-refractivity contribution in [2.75, 3.05) is 19.8 Å². The van der Waals surface area contributed by atoms with Crippen LogP contribution in [-0.2, 0) is 46.5 Å². The second-order valence-corrected chi connectivity index (χ2v) is 14.0. The van der Waals surface area contributed by atoms with Crippen molar-refractivity contribution in [3.8, 4) is 0 Å². The summed E-state index contributed by atoms with van der Waals surface area (Å²) < 4.78 is 31.9. The van der Waals surface area contributed by atoms with E-state index in [0.717, 1.165) is 19.3 Å². The van der Waals surface area contributed by atoms with Crippen LogP contribution in [0.4, 0.5) is 0 Å². The number of carbonyl (C=O) groups excluding carboxylic acids is 2. The quantitative estimate of drug-likeness (QED) is 0.0543. The van der Waals surface area contributed by atoms with Gasteiger partial charge in [0.2, 0.25) is 0 Å². The lowest BCUT2D eigenvalue weighted by Crippen LogP contribution is -2.45. The Bertz CT molecular complexity index is 1370.